The number of nitrogens with zero attached hydrogens (tertiary/aromatic N) is 4. The van der Waals surface area contributed by atoms with E-state index >= 15 is 0 Å². The van der Waals surface area contributed by atoms with Crippen molar-refractivity contribution in [3.8, 4) is 6.07 Å². The van der Waals surface area contributed by atoms with Crippen LogP contribution in [0.3, 0.4) is 0 Å². The summed E-state index contributed by atoms with van der Waals surface area (Å²) < 4.78 is 0. The highest BCUT2D eigenvalue weighted by Gasteiger charge is 2.16. The normalized spacial score (nSPS) is 11.8. The van der Waals surface area contributed by atoms with Crippen molar-refractivity contribution in [2.45, 2.75) is 34.1 Å². The fraction of sp³-hybridized carbons (Fsp3) is 0.643. The first-order chi connectivity index (χ1) is 9.07. The Balaban J connectivity index is 3.18. The zero-order valence-electron chi connectivity index (χ0n) is 12.5. The first kappa shape index (κ1) is 15.2. The lowest BCUT2D eigenvalue weighted by atomic mass is 10.2. The largest absolute Gasteiger partial charge is 0.373 e. The summed E-state index contributed by atoms with van der Waals surface area (Å²) in [6, 6.07) is 2.28. The highest BCUT2D eigenvalue weighted by atomic mass is 15.2. The Kier molecular flexibility index (Phi) is 5.56. The molecule has 19 heavy (non-hydrogen) atoms. The molecule has 0 saturated carbocycles. The molecule has 1 atom stereocenters. The number of aromatic nitrogens is 2. The van der Waals surface area contributed by atoms with E-state index in [-0.39, 0.29) is 5.92 Å². The Bertz CT molecular complexity index is 464. The molecule has 1 rings (SSSR count). The Morgan fingerprint density at radius 2 is 2.05 bits per heavy atom. The molecule has 0 radical (unpaired) electrons. The fourth-order valence-corrected chi connectivity index (χ4v) is 2.00. The van der Waals surface area contributed by atoms with Gasteiger partial charge in [-0.3, -0.25) is 0 Å². The lowest BCUT2D eigenvalue weighted by molar-refractivity contribution is 0.674. The van der Waals surface area contributed by atoms with E-state index in [1.54, 1.807) is 0 Å². The van der Waals surface area contributed by atoms with Gasteiger partial charge in [-0.15, -0.1) is 0 Å². The summed E-state index contributed by atoms with van der Waals surface area (Å²) in [5.74, 6) is 2.61. The fourth-order valence-electron chi connectivity index (χ4n) is 2.00. The number of hydrogen-bond acceptors (Lipinski definition) is 5. The van der Waals surface area contributed by atoms with Gasteiger partial charge in [0.1, 0.15) is 17.5 Å². The Morgan fingerprint density at radius 3 is 2.53 bits per heavy atom. The third kappa shape index (κ3) is 3.57. The van der Waals surface area contributed by atoms with Gasteiger partial charge < -0.3 is 10.2 Å². The maximum absolute atomic E-state index is 8.98. The van der Waals surface area contributed by atoms with Crippen molar-refractivity contribution in [1.82, 2.24) is 9.97 Å². The molecule has 0 amide bonds. The lowest BCUT2D eigenvalue weighted by Crippen LogP contribution is -2.30. The molecule has 0 aliphatic carbocycles. The van der Waals surface area contributed by atoms with Gasteiger partial charge >= 0.3 is 0 Å². The van der Waals surface area contributed by atoms with Crippen LogP contribution in [0.2, 0.25) is 0 Å². The Hall–Kier alpha value is -1.83. The van der Waals surface area contributed by atoms with Crippen molar-refractivity contribution >= 4 is 11.6 Å². The first-order valence-electron chi connectivity index (χ1n) is 6.77. The Labute approximate surface area is 115 Å². The summed E-state index contributed by atoms with van der Waals surface area (Å²) >= 11 is 0. The molecule has 0 bridgehead atoms. The van der Waals surface area contributed by atoms with Crippen LogP contribution in [0.4, 0.5) is 11.6 Å². The van der Waals surface area contributed by atoms with Gasteiger partial charge in [0.05, 0.1) is 12.0 Å². The van der Waals surface area contributed by atoms with Gasteiger partial charge in [0.25, 0.3) is 0 Å². The molecule has 1 unspecified atom stereocenters. The number of rotatable bonds is 6. The molecule has 1 aromatic rings. The number of anilines is 2. The topological polar surface area (TPSA) is 64.8 Å². The van der Waals surface area contributed by atoms with Gasteiger partial charge in [0.15, 0.2) is 0 Å². The van der Waals surface area contributed by atoms with Crippen molar-refractivity contribution in [3.05, 3.63) is 11.4 Å². The zero-order valence-corrected chi connectivity index (χ0v) is 12.5. The van der Waals surface area contributed by atoms with E-state index in [0.29, 0.717) is 6.54 Å². The average Bonchev–Trinajstić information content (AvgIpc) is 2.44. The summed E-state index contributed by atoms with van der Waals surface area (Å²) in [4.78, 5) is 11.2. The highest BCUT2D eigenvalue weighted by Crippen LogP contribution is 2.24. The second-order valence-corrected chi connectivity index (χ2v) is 4.61. The van der Waals surface area contributed by atoms with Gasteiger partial charge in [0.2, 0.25) is 0 Å². The summed E-state index contributed by atoms with van der Waals surface area (Å²) in [5, 5.41) is 12.1. The van der Waals surface area contributed by atoms with Crippen molar-refractivity contribution < 1.29 is 0 Å². The lowest BCUT2D eigenvalue weighted by Gasteiger charge is -2.26. The second kappa shape index (κ2) is 6.93. The molecule has 104 valence electrons. The molecule has 1 heterocycles. The van der Waals surface area contributed by atoms with E-state index in [1.165, 1.54) is 0 Å². The van der Waals surface area contributed by atoms with E-state index < -0.39 is 0 Å². The molecule has 5 nitrogen and oxygen atoms in total. The maximum Gasteiger partial charge on any atom is 0.137 e. The predicted octanol–water partition coefficient (Wildman–Crippen LogP) is 2.38. The molecule has 0 aliphatic rings. The van der Waals surface area contributed by atoms with E-state index in [1.807, 2.05) is 27.8 Å². The quantitative estimate of drug-likeness (QED) is 0.851. The molecular formula is C14H23N5. The molecule has 0 fully saturated rings. The van der Waals surface area contributed by atoms with E-state index in [2.05, 4.69) is 33.2 Å². The predicted molar refractivity (Wildman–Crippen MR) is 78.4 cm³/mol. The van der Waals surface area contributed by atoms with Crippen LogP contribution in [0.5, 0.6) is 0 Å². The molecule has 0 aliphatic heterocycles. The molecule has 0 spiro atoms. The molecule has 0 aromatic carbocycles. The Morgan fingerprint density at radius 1 is 1.37 bits per heavy atom. The van der Waals surface area contributed by atoms with Crippen LogP contribution in [0.1, 0.15) is 32.2 Å². The highest BCUT2D eigenvalue weighted by molar-refractivity contribution is 5.58. The minimum Gasteiger partial charge on any atom is -0.373 e. The van der Waals surface area contributed by atoms with Crippen LogP contribution in [0, 0.1) is 24.2 Å². The minimum absolute atomic E-state index is 0.0163. The van der Waals surface area contributed by atoms with Gasteiger partial charge in [-0.25, -0.2) is 9.97 Å². The van der Waals surface area contributed by atoms with Crippen molar-refractivity contribution in [2.75, 3.05) is 30.4 Å². The summed E-state index contributed by atoms with van der Waals surface area (Å²) in [6.45, 7) is 9.59. The summed E-state index contributed by atoms with van der Waals surface area (Å²) in [7, 11) is 1.87. The minimum atomic E-state index is -0.0163. The van der Waals surface area contributed by atoms with E-state index in [0.717, 1.165) is 36.0 Å². The van der Waals surface area contributed by atoms with Crippen LogP contribution in [-0.4, -0.2) is 30.1 Å². The molecule has 5 heteroatoms. The van der Waals surface area contributed by atoms with Crippen molar-refractivity contribution in [2.24, 2.45) is 5.92 Å². The van der Waals surface area contributed by atoms with Gasteiger partial charge in [-0.2, -0.15) is 5.26 Å². The third-order valence-electron chi connectivity index (χ3n) is 3.12. The van der Waals surface area contributed by atoms with Crippen molar-refractivity contribution in [1.29, 1.82) is 5.26 Å². The monoisotopic (exact) mass is 261 g/mol. The number of aryl methyl sites for hydroxylation is 1. The van der Waals surface area contributed by atoms with Gasteiger partial charge in [-0.05, 0) is 20.8 Å². The molecular weight excluding hydrogens is 238 g/mol. The third-order valence-corrected chi connectivity index (χ3v) is 3.12. The van der Waals surface area contributed by atoms with Gasteiger partial charge in [0, 0.05) is 32.1 Å². The summed E-state index contributed by atoms with van der Waals surface area (Å²) in [5.41, 5.74) is 1.03. The van der Waals surface area contributed by atoms with E-state index in [9.17, 15) is 0 Å². The van der Waals surface area contributed by atoms with Crippen LogP contribution >= 0.6 is 0 Å². The average molecular weight is 261 g/mol. The van der Waals surface area contributed by atoms with E-state index in [4.69, 9.17) is 5.26 Å². The number of hydrogen-bond donors (Lipinski definition) is 1. The smallest absolute Gasteiger partial charge is 0.137 e. The summed E-state index contributed by atoms with van der Waals surface area (Å²) in [6.07, 6.45) is 0.799. The second-order valence-electron chi connectivity index (χ2n) is 4.61. The molecule has 1 N–H and O–H groups in total. The van der Waals surface area contributed by atoms with Crippen LogP contribution in [0.15, 0.2) is 0 Å². The van der Waals surface area contributed by atoms with Crippen LogP contribution in [-0.2, 0) is 6.42 Å². The van der Waals surface area contributed by atoms with Gasteiger partial charge in [-0.1, -0.05) is 6.92 Å². The molecule has 1 aromatic heterocycles. The number of nitriles is 1. The standard InChI is InChI=1S/C14H23N5/c1-6-12-17-13(16-5)11(4)14(18-12)19(7-2)9-10(3)8-15/h10H,6-7,9H2,1-5H3,(H,16,17,18). The van der Waals surface area contributed by atoms with Crippen molar-refractivity contribution in [3.63, 3.8) is 0 Å². The molecule has 0 saturated heterocycles. The zero-order chi connectivity index (χ0) is 14.4. The maximum atomic E-state index is 8.98. The SMILES string of the molecule is CCc1nc(NC)c(C)c(N(CC)CC(C)C#N)n1. The van der Waals surface area contributed by atoms with Crippen LogP contribution < -0.4 is 10.2 Å². The first-order valence-corrected chi connectivity index (χ1v) is 6.77. The number of nitrogens with one attached hydrogen (secondary N) is 1. The van der Waals surface area contributed by atoms with Crippen LogP contribution in [0.25, 0.3) is 0 Å².